The van der Waals surface area contributed by atoms with Crippen molar-refractivity contribution in [3.63, 3.8) is 0 Å². The Kier molecular flexibility index (Phi) is 5.11. The van der Waals surface area contributed by atoms with Crippen molar-refractivity contribution in [3.8, 4) is 0 Å². The van der Waals surface area contributed by atoms with E-state index in [9.17, 15) is 24.2 Å². The van der Waals surface area contributed by atoms with Gasteiger partial charge in [0.15, 0.2) is 0 Å². The lowest BCUT2D eigenvalue weighted by atomic mass is 9.59. The van der Waals surface area contributed by atoms with E-state index < -0.39 is 28.6 Å². The first-order valence-corrected chi connectivity index (χ1v) is 8.19. The minimum atomic E-state index is -1.39. The highest BCUT2D eigenvalue weighted by atomic mass is 19.1. The molecule has 130 valence electrons. The van der Waals surface area contributed by atoms with E-state index in [1.54, 1.807) is 31.2 Å². The standard InChI is InChI=1S/C19H23FO4/c1-3-4-10-19(17(23)24)12-18(2,16(21)22)11-9-14(19)13-7-5-6-8-15(13)20/h5-9H,3-4,10-12H2,1-2H3,(H,21,22)(H,23,24). The molecule has 0 heterocycles. The van der Waals surface area contributed by atoms with Crippen molar-refractivity contribution in [3.05, 3.63) is 41.7 Å². The third-order valence-electron chi connectivity index (χ3n) is 5.01. The topological polar surface area (TPSA) is 74.6 Å². The van der Waals surface area contributed by atoms with Crippen LogP contribution in [0.5, 0.6) is 0 Å². The summed E-state index contributed by atoms with van der Waals surface area (Å²) in [4.78, 5) is 23.9. The van der Waals surface area contributed by atoms with Crippen LogP contribution < -0.4 is 0 Å². The van der Waals surface area contributed by atoms with Gasteiger partial charge >= 0.3 is 11.9 Å². The van der Waals surface area contributed by atoms with Crippen molar-refractivity contribution in [2.75, 3.05) is 0 Å². The summed E-state index contributed by atoms with van der Waals surface area (Å²) in [5.41, 5.74) is -1.89. The number of carboxylic acid groups (broad SMARTS) is 2. The molecule has 2 unspecified atom stereocenters. The Morgan fingerprint density at radius 1 is 1.21 bits per heavy atom. The Hall–Kier alpha value is -2.17. The van der Waals surface area contributed by atoms with Gasteiger partial charge in [-0.2, -0.15) is 0 Å². The quantitative estimate of drug-likeness (QED) is 0.811. The van der Waals surface area contributed by atoms with Crippen LogP contribution in [0.4, 0.5) is 4.39 Å². The van der Waals surface area contributed by atoms with Gasteiger partial charge in [0, 0.05) is 5.56 Å². The van der Waals surface area contributed by atoms with Gasteiger partial charge in [-0.25, -0.2) is 4.39 Å². The maximum Gasteiger partial charge on any atom is 0.314 e. The number of unbranched alkanes of at least 4 members (excludes halogenated alkanes) is 1. The Morgan fingerprint density at radius 3 is 2.42 bits per heavy atom. The highest BCUT2D eigenvalue weighted by Crippen LogP contribution is 2.53. The van der Waals surface area contributed by atoms with Gasteiger partial charge in [-0.05, 0) is 37.8 Å². The highest BCUT2D eigenvalue weighted by Gasteiger charge is 2.52. The van der Waals surface area contributed by atoms with E-state index in [1.807, 2.05) is 6.92 Å². The summed E-state index contributed by atoms with van der Waals surface area (Å²) in [5, 5.41) is 19.5. The predicted octanol–water partition coefficient (Wildman–Crippen LogP) is 4.36. The number of hydrogen-bond donors (Lipinski definition) is 2. The summed E-state index contributed by atoms with van der Waals surface area (Å²) in [7, 11) is 0. The molecule has 24 heavy (non-hydrogen) atoms. The van der Waals surface area contributed by atoms with E-state index in [2.05, 4.69) is 0 Å². The second kappa shape index (κ2) is 6.75. The Bertz CT molecular complexity index is 682. The highest BCUT2D eigenvalue weighted by molar-refractivity contribution is 5.94. The van der Waals surface area contributed by atoms with Crippen molar-refractivity contribution in [2.45, 2.75) is 46.0 Å². The molecule has 0 bridgehead atoms. The molecular weight excluding hydrogens is 311 g/mol. The van der Waals surface area contributed by atoms with E-state index >= 15 is 0 Å². The zero-order valence-corrected chi connectivity index (χ0v) is 14.0. The smallest absolute Gasteiger partial charge is 0.314 e. The van der Waals surface area contributed by atoms with Crippen LogP contribution in [0.25, 0.3) is 5.57 Å². The molecule has 1 aromatic carbocycles. The molecule has 5 heteroatoms. The Morgan fingerprint density at radius 2 is 1.88 bits per heavy atom. The summed E-state index contributed by atoms with van der Waals surface area (Å²) in [6, 6.07) is 6.08. The van der Waals surface area contributed by atoms with E-state index in [-0.39, 0.29) is 18.4 Å². The van der Waals surface area contributed by atoms with E-state index in [0.29, 0.717) is 18.4 Å². The molecule has 1 aromatic rings. The van der Waals surface area contributed by atoms with Crippen LogP contribution in [0.1, 0.15) is 51.5 Å². The number of allylic oxidation sites excluding steroid dienone is 1. The Labute approximate surface area is 141 Å². The molecule has 0 radical (unpaired) electrons. The normalized spacial score (nSPS) is 26.7. The van der Waals surface area contributed by atoms with Crippen LogP contribution >= 0.6 is 0 Å². The fourth-order valence-corrected chi connectivity index (χ4v) is 3.57. The summed E-state index contributed by atoms with van der Waals surface area (Å²) in [6.45, 7) is 3.51. The van der Waals surface area contributed by atoms with Gasteiger partial charge < -0.3 is 10.2 Å². The van der Waals surface area contributed by atoms with Crippen molar-refractivity contribution in [1.82, 2.24) is 0 Å². The van der Waals surface area contributed by atoms with Gasteiger partial charge in [0.2, 0.25) is 0 Å². The summed E-state index contributed by atoms with van der Waals surface area (Å²) in [6.07, 6.45) is 3.47. The molecule has 0 aromatic heterocycles. The molecule has 0 spiro atoms. The van der Waals surface area contributed by atoms with Gasteiger partial charge in [-0.1, -0.05) is 44.0 Å². The lowest BCUT2D eigenvalue weighted by Gasteiger charge is -2.42. The van der Waals surface area contributed by atoms with Crippen molar-refractivity contribution < 1.29 is 24.2 Å². The molecule has 1 aliphatic rings. The molecule has 0 fully saturated rings. The second-order valence-corrected chi connectivity index (χ2v) is 6.84. The lowest BCUT2D eigenvalue weighted by Crippen LogP contribution is -2.44. The molecule has 0 saturated carbocycles. The van der Waals surface area contributed by atoms with Gasteiger partial charge in [0.1, 0.15) is 5.82 Å². The third-order valence-corrected chi connectivity index (χ3v) is 5.01. The first kappa shape index (κ1) is 18.2. The number of carboxylic acids is 2. The zero-order chi connectivity index (χ0) is 18.0. The average Bonchev–Trinajstić information content (AvgIpc) is 2.53. The number of benzene rings is 1. The monoisotopic (exact) mass is 334 g/mol. The number of rotatable bonds is 6. The number of carbonyl (C=O) groups is 2. The number of hydrogen-bond acceptors (Lipinski definition) is 2. The van der Waals surface area contributed by atoms with Gasteiger partial charge in [0.25, 0.3) is 0 Å². The number of aliphatic carboxylic acids is 2. The van der Waals surface area contributed by atoms with E-state index in [4.69, 9.17) is 0 Å². The first-order chi connectivity index (χ1) is 11.3. The molecule has 2 rings (SSSR count). The minimum Gasteiger partial charge on any atom is -0.481 e. The fourth-order valence-electron chi connectivity index (χ4n) is 3.57. The summed E-state index contributed by atoms with van der Waals surface area (Å²) < 4.78 is 14.3. The van der Waals surface area contributed by atoms with Crippen molar-refractivity contribution in [2.24, 2.45) is 10.8 Å². The van der Waals surface area contributed by atoms with Crippen LogP contribution in [-0.2, 0) is 9.59 Å². The molecule has 1 aliphatic carbocycles. The minimum absolute atomic E-state index is 0.0369. The van der Waals surface area contributed by atoms with Crippen LogP contribution in [0, 0.1) is 16.6 Å². The SMILES string of the molecule is CCCCC1(C(=O)O)CC(C)(C(=O)O)CC=C1c1ccccc1F. The van der Waals surface area contributed by atoms with Gasteiger partial charge in [-0.3, -0.25) is 9.59 Å². The fraction of sp³-hybridized carbons (Fsp3) is 0.474. The molecular formula is C19H23FO4. The van der Waals surface area contributed by atoms with E-state index in [0.717, 1.165) is 6.42 Å². The van der Waals surface area contributed by atoms with Crippen LogP contribution in [0.3, 0.4) is 0 Å². The predicted molar refractivity (Wildman–Crippen MR) is 88.9 cm³/mol. The van der Waals surface area contributed by atoms with Crippen LogP contribution in [0.15, 0.2) is 30.3 Å². The van der Waals surface area contributed by atoms with E-state index in [1.165, 1.54) is 6.07 Å². The van der Waals surface area contributed by atoms with Gasteiger partial charge in [-0.15, -0.1) is 0 Å². The Balaban J connectivity index is 2.64. The molecule has 2 atom stereocenters. The first-order valence-electron chi connectivity index (χ1n) is 8.19. The summed E-state index contributed by atoms with van der Waals surface area (Å²) in [5.74, 6) is -2.59. The molecule has 4 nitrogen and oxygen atoms in total. The zero-order valence-electron chi connectivity index (χ0n) is 14.0. The maximum absolute atomic E-state index is 14.3. The number of halogens is 1. The second-order valence-electron chi connectivity index (χ2n) is 6.84. The molecule has 0 saturated heterocycles. The van der Waals surface area contributed by atoms with Gasteiger partial charge in [0.05, 0.1) is 10.8 Å². The maximum atomic E-state index is 14.3. The molecule has 0 amide bonds. The third kappa shape index (κ3) is 3.07. The molecule has 2 N–H and O–H groups in total. The van der Waals surface area contributed by atoms with Crippen LogP contribution in [0.2, 0.25) is 0 Å². The van der Waals surface area contributed by atoms with Crippen LogP contribution in [-0.4, -0.2) is 22.2 Å². The summed E-state index contributed by atoms with van der Waals surface area (Å²) >= 11 is 0. The molecule has 0 aliphatic heterocycles. The van der Waals surface area contributed by atoms with Crippen molar-refractivity contribution >= 4 is 17.5 Å². The van der Waals surface area contributed by atoms with Crippen molar-refractivity contribution in [1.29, 1.82) is 0 Å². The average molecular weight is 334 g/mol. The largest absolute Gasteiger partial charge is 0.481 e. The lowest BCUT2D eigenvalue weighted by molar-refractivity contribution is -0.155.